The third-order valence-electron chi connectivity index (χ3n) is 4.64. The van der Waals surface area contributed by atoms with Crippen molar-refractivity contribution in [3.8, 4) is 10.6 Å². The van der Waals surface area contributed by atoms with Crippen molar-refractivity contribution in [1.82, 2.24) is 20.4 Å². The van der Waals surface area contributed by atoms with Gasteiger partial charge in [0.2, 0.25) is 5.91 Å². The first-order valence-electron chi connectivity index (χ1n) is 9.42. The van der Waals surface area contributed by atoms with Crippen LogP contribution in [0.3, 0.4) is 0 Å². The molecule has 0 atom stereocenters. The molecule has 0 spiro atoms. The topological polar surface area (TPSA) is 59.0 Å². The van der Waals surface area contributed by atoms with Crippen LogP contribution in [0.25, 0.3) is 10.6 Å². The molecule has 0 unspecified atom stereocenters. The number of hydrogen-bond donors (Lipinski definition) is 2. The molecule has 0 bridgehead atoms. The second kappa shape index (κ2) is 8.50. The van der Waals surface area contributed by atoms with Gasteiger partial charge in [-0.2, -0.15) is 5.10 Å². The second-order valence-electron chi connectivity index (χ2n) is 6.91. The summed E-state index contributed by atoms with van der Waals surface area (Å²) >= 11 is 1.71. The standard InChI is InChI=1S/C21H24N4OS/c26-21(17-8-9-17)23-11-10-22-13-18-15-25(14-16-5-2-1-3-6-16)24-20(18)19-7-4-12-27-19/h1-7,12,15,17,22H,8-11,13-14H2,(H,23,26). The molecule has 1 amide bonds. The van der Waals surface area contributed by atoms with Crippen LogP contribution < -0.4 is 10.6 Å². The average Bonchev–Trinajstić information content (AvgIpc) is 3.25. The Labute approximate surface area is 163 Å². The molecular formula is C21H24N4OS. The molecule has 27 heavy (non-hydrogen) atoms. The lowest BCUT2D eigenvalue weighted by Crippen LogP contribution is -2.32. The summed E-state index contributed by atoms with van der Waals surface area (Å²) in [5.74, 6) is 0.471. The van der Waals surface area contributed by atoms with Crippen LogP contribution in [0.5, 0.6) is 0 Å². The summed E-state index contributed by atoms with van der Waals surface area (Å²) in [6, 6.07) is 14.5. The summed E-state index contributed by atoms with van der Waals surface area (Å²) in [6.07, 6.45) is 4.21. The smallest absolute Gasteiger partial charge is 0.223 e. The molecule has 0 saturated heterocycles. The Morgan fingerprint density at radius 3 is 2.74 bits per heavy atom. The van der Waals surface area contributed by atoms with E-state index in [9.17, 15) is 4.79 Å². The van der Waals surface area contributed by atoms with Crippen LogP contribution in [0.2, 0.25) is 0 Å². The summed E-state index contributed by atoms with van der Waals surface area (Å²) in [4.78, 5) is 12.9. The maximum atomic E-state index is 11.7. The molecule has 2 N–H and O–H groups in total. The summed E-state index contributed by atoms with van der Waals surface area (Å²) < 4.78 is 2.01. The van der Waals surface area contributed by atoms with Gasteiger partial charge in [0.1, 0.15) is 5.69 Å². The maximum Gasteiger partial charge on any atom is 0.223 e. The molecule has 1 aromatic carbocycles. The average molecular weight is 381 g/mol. The predicted octanol–water partition coefficient (Wildman–Crippen LogP) is 3.28. The largest absolute Gasteiger partial charge is 0.355 e. The molecule has 1 saturated carbocycles. The zero-order valence-corrected chi connectivity index (χ0v) is 16.0. The van der Waals surface area contributed by atoms with Crippen LogP contribution in [-0.2, 0) is 17.9 Å². The lowest BCUT2D eigenvalue weighted by molar-refractivity contribution is -0.122. The molecule has 5 nitrogen and oxygen atoms in total. The molecule has 1 aliphatic carbocycles. The minimum atomic E-state index is 0.201. The van der Waals surface area contributed by atoms with Crippen LogP contribution in [0.15, 0.2) is 54.0 Å². The number of rotatable bonds is 9. The molecule has 6 heteroatoms. The van der Waals surface area contributed by atoms with E-state index in [0.29, 0.717) is 6.54 Å². The monoisotopic (exact) mass is 380 g/mol. The van der Waals surface area contributed by atoms with Crippen LogP contribution in [0, 0.1) is 5.92 Å². The Hall–Kier alpha value is -2.44. The van der Waals surface area contributed by atoms with Gasteiger partial charge in [-0.05, 0) is 29.9 Å². The molecule has 2 aromatic heterocycles. The molecule has 0 radical (unpaired) electrons. The molecule has 2 heterocycles. The Bertz CT molecular complexity index is 869. The van der Waals surface area contributed by atoms with Gasteiger partial charge in [-0.3, -0.25) is 9.48 Å². The molecular weight excluding hydrogens is 356 g/mol. The highest BCUT2D eigenvalue weighted by atomic mass is 32.1. The maximum absolute atomic E-state index is 11.7. The fourth-order valence-corrected chi connectivity index (χ4v) is 3.80. The van der Waals surface area contributed by atoms with E-state index in [1.165, 1.54) is 16.0 Å². The second-order valence-corrected chi connectivity index (χ2v) is 7.85. The summed E-state index contributed by atoms with van der Waals surface area (Å²) in [6.45, 7) is 2.92. The molecule has 140 valence electrons. The third-order valence-corrected chi connectivity index (χ3v) is 5.52. The van der Waals surface area contributed by atoms with Gasteiger partial charge >= 0.3 is 0 Å². The number of hydrogen-bond acceptors (Lipinski definition) is 4. The number of nitrogens with zero attached hydrogens (tertiary/aromatic N) is 2. The van der Waals surface area contributed by atoms with Crippen LogP contribution in [0.1, 0.15) is 24.0 Å². The minimum absolute atomic E-state index is 0.201. The van der Waals surface area contributed by atoms with E-state index in [0.717, 1.165) is 38.2 Å². The van der Waals surface area contributed by atoms with Gasteiger partial charge in [0, 0.05) is 37.3 Å². The molecule has 0 aliphatic heterocycles. The van der Waals surface area contributed by atoms with Crippen molar-refractivity contribution in [3.63, 3.8) is 0 Å². The van der Waals surface area contributed by atoms with Gasteiger partial charge in [0.05, 0.1) is 11.4 Å². The van der Waals surface area contributed by atoms with Gasteiger partial charge in [0.25, 0.3) is 0 Å². The summed E-state index contributed by atoms with van der Waals surface area (Å²) in [5.41, 5.74) is 3.46. The fourth-order valence-electron chi connectivity index (χ4n) is 3.05. The summed E-state index contributed by atoms with van der Waals surface area (Å²) in [5, 5.41) is 13.3. The zero-order valence-electron chi connectivity index (χ0n) is 15.2. The van der Waals surface area contributed by atoms with Crippen molar-refractivity contribution in [2.45, 2.75) is 25.9 Å². The van der Waals surface area contributed by atoms with Crippen molar-refractivity contribution in [1.29, 1.82) is 0 Å². The highest BCUT2D eigenvalue weighted by molar-refractivity contribution is 7.13. The van der Waals surface area contributed by atoms with E-state index in [4.69, 9.17) is 5.10 Å². The van der Waals surface area contributed by atoms with Gasteiger partial charge in [-0.1, -0.05) is 36.4 Å². The molecule has 3 aromatic rings. The number of benzene rings is 1. The van der Waals surface area contributed by atoms with E-state index in [2.05, 4.69) is 58.6 Å². The first-order valence-corrected chi connectivity index (χ1v) is 10.3. The third kappa shape index (κ3) is 4.84. The number of thiophene rings is 1. The lowest BCUT2D eigenvalue weighted by Gasteiger charge is -2.06. The van der Waals surface area contributed by atoms with Crippen molar-refractivity contribution in [2.24, 2.45) is 5.92 Å². The number of carbonyl (C=O) groups excluding carboxylic acids is 1. The number of aromatic nitrogens is 2. The fraction of sp³-hybridized carbons (Fsp3) is 0.333. The van der Waals surface area contributed by atoms with E-state index < -0.39 is 0 Å². The highest BCUT2D eigenvalue weighted by Gasteiger charge is 2.28. The first kappa shape index (κ1) is 17.9. The SMILES string of the molecule is O=C(NCCNCc1cn(Cc2ccccc2)nc1-c1cccs1)C1CC1. The number of carbonyl (C=O) groups is 1. The number of nitrogens with one attached hydrogen (secondary N) is 2. The van der Waals surface area contributed by atoms with Gasteiger partial charge in [-0.25, -0.2) is 0 Å². The lowest BCUT2D eigenvalue weighted by atomic mass is 10.2. The molecule has 4 rings (SSSR count). The van der Waals surface area contributed by atoms with Crippen LogP contribution in [-0.4, -0.2) is 28.8 Å². The van der Waals surface area contributed by atoms with Crippen LogP contribution >= 0.6 is 11.3 Å². The van der Waals surface area contributed by atoms with Crippen LogP contribution in [0.4, 0.5) is 0 Å². The van der Waals surface area contributed by atoms with E-state index in [-0.39, 0.29) is 11.8 Å². The van der Waals surface area contributed by atoms with E-state index in [1.54, 1.807) is 11.3 Å². The van der Waals surface area contributed by atoms with Crippen molar-refractivity contribution < 1.29 is 4.79 Å². The van der Waals surface area contributed by atoms with Crippen molar-refractivity contribution >= 4 is 17.2 Å². The van der Waals surface area contributed by atoms with Crippen molar-refractivity contribution in [2.75, 3.05) is 13.1 Å². The van der Waals surface area contributed by atoms with Gasteiger partial charge in [-0.15, -0.1) is 11.3 Å². The quantitative estimate of drug-likeness (QED) is 0.560. The number of amides is 1. The van der Waals surface area contributed by atoms with Gasteiger partial charge in [0.15, 0.2) is 0 Å². The normalized spacial score (nSPS) is 13.6. The Balaban J connectivity index is 1.38. The Morgan fingerprint density at radius 1 is 1.15 bits per heavy atom. The van der Waals surface area contributed by atoms with E-state index >= 15 is 0 Å². The summed E-state index contributed by atoms with van der Waals surface area (Å²) in [7, 11) is 0. The Kier molecular flexibility index (Phi) is 5.65. The Morgan fingerprint density at radius 2 is 2.00 bits per heavy atom. The molecule has 1 aliphatic rings. The zero-order chi connectivity index (χ0) is 18.5. The van der Waals surface area contributed by atoms with Crippen molar-refractivity contribution in [3.05, 3.63) is 65.2 Å². The van der Waals surface area contributed by atoms with E-state index in [1.807, 2.05) is 10.7 Å². The predicted molar refractivity (Wildman–Crippen MR) is 109 cm³/mol. The first-order chi connectivity index (χ1) is 13.3. The molecule has 1 fully saturated rings. The highest BCUT2D eigenvalue weighted by Crippen LogP contribution is 2.28. The minimum Gasteiger partial charge on any atom is -0.355 e. The van der Waals surface area contributed by atoms with Gasteiger partial charge < -0.3 is 10.6 Å².